The van der Waals surface area contributed by atoms with Gasteiger partial charge in [0.1, 0.15) is 0 Å². The summed E-state index contributed by atoms with van der Waals surface area (Å²) in [5, 5.41) is 9.74. The van der Waals surface area contributed by atoms with Gasteiger partial charge in [-0.15, -0.1) is 0 Å². The molecule has 1 nitrogen and oxygen atoms in total. The minimum absolute atomic E-state index is 0. The molecule has 1 unspecified atom stereocenters. The average Bonchev–Trinajstić information content (AvgIpc) is 3.35. The van der Waals surface area contributed by atoms with Crippen molar-refractivity contribution in [3.05, 3.63) is 75.9 Å². The van der Waals surface area contributed by atoms with Gasteiger partial charge in [-0.2, -0.15) is 6.42 Å². The summed E-state index contributed by atoms with van der Waals surface area (Å²) >= 11 is 0. The smallest absolute Gasteiger partial charge is 0.0431 e. The summed E-state index contributed by atoms with van der Waals surface area (Å²) in [7, 11) is 0. The largest absolute Gasteiger partial charge is 0.495 e. The number of unbranched alkanes of at least 4 members (excludes halogenated alkanes) is 3. The van der Waals surface area contributed by atoms with E-state index < -0.39 is 0 Å². The Morgan fingerprint density at radius 3 is 1.48 bits per heavy atom. The normalized spacial score (nSPS) is 17.7. The first-order valence-corrected chi connectivity index (χ1v) is 9.37. The van der Waals surface area contributed by atoms with Gasteiger partial charge in [0.25, 0.3) is 0 Å². The average molecular weight is 419 g/mol. The second kappa shape index (κ2) is 22.6. The van der Waals surface area contributed by atoms with Gasteiger partial charge in [0.05, 0.1) is 0 Å². The summed E-state index contributed by atoms with van der Waals surface area (Å²) in [6, 6.07) is 0. The third kappa shape index (κ3) is 19.2. The molecule has 2 aliphatic rings. The molecule has 138 valence electrons. The Bertz CT molecular complexity index is 242. The van der Waals surface area contributed by atoms with Gasteiger partial charge in [0.2, 0.25) is 0 Å². The Morgan fingerprint density at radius 1 is 0.760 bits per heavy atom. The molecule has 0 aliphatic heterocycles. The SMILES string of the molecule is CCCC[C-]=C(CCCC)C(O)CC.[CH]1[CH][CH][CH][CH]1.[CH]1[CH][CH][CH][CH]1.[Zr]. The first-order chi connectivity index (χ1) is 11.8. The van der Waals surface area contributed by atoms with Crippen LogP contribution in [0.2, 0.25) is 0 Å². The van der Waals surface area contributed by atoms with Crippen LogP contribution in [0, 0.1) is 70.3 Å². The van der Waals surface area contributed by atoms with Crippen molar-refractivity contribution in [3.8, 4) is 0 Å². The summed E-state index contributed by atoms with van der Waals surface area (Å²) < 4.78 is 0. The first-order valence-electron chi connectivity index (χ1n) is 9.37. The molecule has 2 aliphatic carbocycles. The Labute approximate surface area is 178 Å². The summed E-state index contributed by atoms with van der Waals surface area (Å²) in [4.78, 5) is 0. The van der Waals surface area contributed by atoms with E-state index >= 15 is 0 Å². The van der Waals surface area contributed by atoms with E-state index in [1.165, 1.54) is 25.7 Å². The molecule has 1 atom stereocenters. The second-order valence-corrected chi connectivity index (χ2v) is 5.76. The molecule has 1 N–H and O–H groups in total. The van der Waals surface area contributed by atoms with Gasteiger partial charge >= 0.3 is 0 Å². The number of hydrogen-bond acceptors (Lipinski definition) is 1. The van der Waals surface area contributed by atoms with Gasteiger partial charge in [0, 0.05) is 32.3 Å². The van der Waals surface area contributed by atoms with Crippen LogP contribution in [0.5, 0.6) is 0 Å². The van der Waals surface area contributed by atoms with Crippen LogP contribution in [-0.4, -0.2) is 11.2 Å². The van der Waals surface area contributed by atoms with Crippen LogP contribution in [0.15, 0.2) is 5.57 Å². The maximum atomic E-state index is 9.74. The zero-order valence-corrected chi connectivity index (χ0v) is 18.7. The van der Waals surface area contributed by atoms with E-state index in [1.54, 1.807) is 0 Å². The molecule has 0 spiro atoms. The fraction of sp³-hybridized carbons (Fsp3) is 0.478. The van der Waals surface area contributed by atoms with Crippen molar-refractivity contribution in [3.63, 3.8) is 0 Å². The number of aliphatic hydroxyl groups excluding tert-OH is 1. The van der Waals surface area contributed by atoms with Gasteiger partial charge in [-0.3, -0.25) is 0 Å². The first kappa shape index (κ1) is 27.8. The summed E-state index contributed by atoms with van der Waals surface area (Å²) in [6.07, 6.45) is 30.7. The number of hydrogen-bond donors (Lipinski definition) is 1. The van der Waals surface area contributed by atoms with Crippen molar-refractivity contribution in [1.29, 1.82) is 0 Å². The minimum Gasteiger partial charge on any atom is -0.495 e. The molecule has 0 heterocycles. The van der Waals surface area contributed by atoms with Crippen molar-refractivity contribution in [1.82, 2.24) is 0 Å². The predicted octanol–water partition coefficient (Wildman–Crippen LogP) is 5.91. The molecule has 0 saturated heterocycles. The van der Waals surface area contributed by atoms with Gasteiger partial charge in [0.15, 0.2) is 0 Å². The second-order valence-electron chi connectivity index (χ2n) is 5.76. The molecular weight excluding hydrogens is 383 g/mol. The van der Waals surface area contributed by atoms with Gasteiger partial charge in [-0.05, 0) is 70.6 Å². The molecule has 2 fully saturated rings. The molecule has 0 amide bonds. The Kier molecular flexibility index (Phi) is 25.2. The van der Waals surface area contributed by atoms with Crippen LogP contribution in [0.3, 0.4) is 0 Å². The standard InChI is InChI=1S/C13H25O.2C5H5.Zr/c1-4-7-9-11-12(10-8-5-2)13(14)6-3;2*1-2-4-5-3-1;/h13-14H,4-10H2,1-3H3;2*1-5H;/q-1;;;. The number of allylic oxidation sites excluding steroid dienone is 1. The van der Waals surface area contributed by atoms with Gasteiger partial charge in [-0.1, -0.05) is 52.9 Å². The van der Waals surface area contributed by atoms with Crippen LogP contribution in [0.25, 0.3) is 0 Å². The minimum atomic E-state index is -0.251. The van der Waals surface area contributed by atoms with Crippen LogP contribution in [0.1, 0.15) is 65.7 Å². The van der Waals surface area contributed by atoms with Gasteiger partial charge in [-0.25, -0.2) is 5.57 Å². The maximum Gasteiger partial charge on any atom is 0.0431 e. The molecule has 0 aromatic carbocycles. The number of aliphatic hydroxyl groups is 1. The van der Waals surface area contributed by atoms with E-state index in [0.29, 0.717) is 0 Å². The van der Waals surface area contributed by atoms with Crippen LogP contribution < -0.4 is 0 Å². The Morgan fingerprint density at radius 2 is 1.16 bits per heavy atom. The van der Waals surface area contributed by atoms with Crippen molar-refractivity contribution in [2.45, 2.75) is 71.8 Å². The molecule has 10 radical (unpaired) electrons. The third-order valence-corrected chi connectivity index (χ3v) is 3.58. The Balaban J connectivity index is 0. The molecule has 0 aromatic rings. The molecular formula is C23H35OZr-. The van der Waals surface area contributed by atoms with E-state index in [-0.39, 0.29) is 32.3 Å². The topological polar surface area (TPSA) is 20.2 Å². The van der Waals surface area contributed by atoms with E-state index in [9.17, 15) is 5.11 Å². The van der Waals surface area contributed by atoms with Crippen LogP contribution >= 0.6 is 0 Å². The molecule has 0 bridgehead atoms. The molecule has 2 heteroatoms. The van der Waals surface area contributed by atoms with Crippen LogP contribution in [-0.2, 0) is 26.2 Å². The molecule has 2 saturated carbocycles. The van der Waals surface area contributed by atoms with Crippen molar-refractivity contribution >= 4 is 0 Å². The maximum absolute atomic E-state index is 9.74. The number of rotatable bonds is 8. The molecule has 2 rings (SSSR count). The fourth-order valence-corrected chi connectivity index (χ4v) is 2.05. The molecule has 0 aromatic heterocycles. The summed E-state index contributed by atoms with van der Waals surface area (Å²) in [5.41, 5.74) is 1.14. The van der Waals surface area contributed by atoms with E-state index in [1.807, 2.05) is 71.1 Å². The van der Waals surface area contributed by atoms with E-state index in [4.69, 9.17) is 0 Å². The molecule has 25 heavy (non-hydrogen) atoms. The van der Waals surface area contributed by atoms with E-state index in [0.717, 1.165) is 24.8 Å². The van der Waals surface area contributed by atoms with Crippen LogP contribution in [0.4, 0.5) is 0 Å². The van der Waals surface area contributed by atoms with Crippen molar-refractivity contribution in [2.75, 3.05) is 0 Å². The zero-order chi connectivity index (χ0) is 17.9. The van der Waals surface area contributed by atoms with Crippen molar-refractivity contribution < 1.29 is 31.3 Å². The Hall–Kier alpha value is 0.583. The third-order valence-electron chi connectivity index (χ3n) is 3.58. The van der Waals surface area contributed by atoms with E-state index in [2.05, 4.69) is 19.9 Å². The predicted molar refractivity (Wildman–Crippen MR) is 105 cm³/mol. The fourth-order valence-electron chi connectivity index (χ4n) is 2.05. The zero-order valence-electron chi connectivity index (χ0n) is 16.2. The summed E-state index contributed by atoms with van der Waals surface area (Å²) in [5.74, 6) is 0. The van der Waals surface area contributed by atoms with Crippen molar-refractivity contribution in [2.24, 2.45) is 0 Å². The summed E-state index contributed by atoms with van der Waals surface area (Å²) in [6.45, 7) is 6.39. The van der Waals surface area contributed by atoms with Gasteiger partial charge < -0.3 is 11.2 Å². The monoisotopic (exact) mass is 417 g/mol. The quantitative estimate of drug-likeness (QED) is 0.384.